The van der Waals surface area contributed by atoms with Gasteiger partial charge in [0.1, 0.15) is 12.2 Å². The molecule has 8 heteroatoms. The van der Waals surface area contributed by atoms with Crippen LogP contribution in [0.5, 0.6) is 0 Å². The van der Waals surface area contributed by atoms with Gasteiger partial charge in [0.15, 0.2) is 5.96 Å². The van der Waals surface area contributed by atoms with Crippen molar-refractivity contribution in [1.29, 1.82) is 0 Å². The largest absolute Gasteiger partial charge is 0.396 e. The Balaban J connectivity index is 1.32. The lowest BCUT2D eigenvalue weighted by molar-refractivity contribution is 0.203. The predicted octanol–water partition coefficient (Wildman–Crippen LogP) is 1.56. The Morgan fingerprint density at radius 1 is 1.20 bits per heavy atom. The van der Waals surface area contributed by atoms with Crippen LogP contribution in [0.4, 0.5) is 5.69 Å². The summed E-state index contributed by atoms with van der Waals surface area (Å²) in [5, 5.41) is 20.5. The summed E-state index contributed by atoms with van der Waals surface area (Å²) in [5.74, 6) is 2.38. The third-order valence-corrected chi connectivity index (χ3v) is 6.08. The van der Waals surface area contributed by atoms with Gasteiger partial charge < -0.3 is 20.6 Å². The van der Waals surface area contributed by atoms with E-state index in [1.165, 1.54) is 11.3 Å². The summed E-state index contributed by atoms with van der Waals surface area (Å²) in [7, 11) is 0. The number of guanidine groups is 1. The third-order valence-electron chi connectivity index (χ3n) is 6.08. The second-order valence-corrected chi connectivity index (χ2v) is 8.21. The highest BCUT2D eigenvalue weighted by Gasteiger charge is 2.21. The maximum absolute atomic E-state index is 9.32. The molecule has 2 aliphatic heterocycles. The van der Waals surface area contributed by atoms with Crippen molar-refractivity contribution in [3.8, 4) is 0 Å². The van der Waals surface area contributed by atoms with Gasteiger partial charge in [0.05, 0.1) is 13.1 Å². The van der Waals surface area contributed by atoms with Crippen LogP contribution in [-0.2, 0) is 19.5 Å². The minimum Gasteiger partial charge on any atom is -0.396 e. The average Bonchev–Trinajstić information content (AvgIpc) is 3.26. The van der Waals surface area contributed by atoms with Crippen LogP contribution in [-0.4, -0.2) is 58.1 Å². The number of nitrogens with zero attached hydrogens (tertiary/aromatic N) is 5. The Morgan fingerprint density at radius 2 is 2.00 bits per heavy atom. The molecule has 1 atom stereocenters. The number of aromatic nitrogens is 3. The van der Waals surface area contributed by atoms with E-state index in [4.69, 9.17) is 4.99 Å². The summed E-state index contributed by atoms with van der Waals surface area (Å²) in [4.78, 5) is 11.5. The molecule has 1 aromatic carbocycles. The maximum Gasteiger partial charge on any atom is 0.191 e. The van der Waals surface area contributed by atoms with E-state index >= 15 is 0 Å². The van der Waals surface area contributed by atoms with E-state index < -0.39 is 0 Å². The highest BCUT2D eigenvalue weighted by molar-refractivity contribution is 5.80. The number of fused-ring (bicyclic) bond motifs is 1. The molecule has 1 saturated heterocycles. The SMILES string of the molecule is CCNC(=NCc1ccc(N2CCC(CO)CC2)cc1)NC1CCc2ncnn2C1. The average molecular weight is 412 g/mol. The third kappa shape index (κ3) is 5.11. The first kappa shape index (κ1) is 20.7. The van der Waals surface area contributed by atoms with Crippen LogP contribution in [0.1, 0.15) is 37.6 Å². The summed E-state index contributed by atoms with van der Waals surface area (Å²) < 4.78 is 1.98. The number of piperidine rings is 1. The highest BCUT2D eigenvalue weighted by Crippen LogP contribution is 2.23. The number of hydrogen-bond donors (Lipinski definition) is 3. The monoisotopic (exact) mass is 411 g/mol. The lowest BCUT2D eigenvalue weighted by atomic mass is 9.97. The number of aliphatic hydroxyl groups is 1. The normalized spacial score (nSPS) is 20.1. The molecule has 0 saturated carbocycles. The molecule has 0 aliphatic carbocycles. The van der Waals surface area contributed by atoms with Crippen molar-refractivity contribution in [2.75, 3.05) is 31.1 Å². The molecule has 162 valence electrons. The van der Waals surface area contributed by atoms with E-state index in [0.717, 1.165) is 63.6 Å². The second kappa shape index (κ2) is 9.93. The highest BCUT2D eigenvalue weighted by atomic mass is 16.3. The van der Waals surface area contributed by atoms with E-state index in [0.29, 0.717) is 25.1 Å². The first-order valence-corrected chi connectivity index (χ1v) is 11.1. The van der Waals surface area contributed by atoms with Crippen molar-refractivity contribution in [3.05, 3.63) is 42.0 Å². The smallest absolute Gasteiger partial charge is 0.191 e. The molecule has 0 bridgehead atoms. The van der Waals surface area contributed by atoms with Crippen molar-refractivity contribution < 1.29 is 5.11 Å². The molecule has 4 rings (SSSR count). The molecule has 0 radical (unpaired) electrons. The Labute approximate surface area is 178 Å². The van der Waals surface area contributed by atoms with Crippen LogP contribution in [0.25, 0.3) is 0 Å². The van der Waals surface area contributed by atoms with E-state index in [9.17, 15) is 5.11 Å². The number of aryl methyl sites for hydroxylation is 1. The number of hydrogen-bond acceptors (Lipinski definition) is 5. The predicted molar refractivity (Wildman–Crippen MR) is 119 cm³/mol. The molecular formula is C22H33N7O. The van der Waals surface area contributed by atoms with Gasteiger partial charge in [-0.15, -0.1) is 0 Å². The molecule has 2 aliphatic rings. The molecule has 1 unspecified atom stereocenters. The Kier molecular flexibility index (Phi) is 6.84. The van der Waals surface area contributed by atoms with Crippen LogP contribution in [0.2, 0.25) is 0 Å². The minimum absolute atomic E-state index is 0.307. The van der Waals surface area contributed by atoms with Crippen LogP contribution < -0.4 is 15.5 Å². The zero-order valence-electron chi connectivity index (χ0n) is 17.8. The first-order valence-electron chi connectivity index (χ1n) is 11.1. The number of aliphatic hydroxyl groups excluding tert-OH is 1. The molecule has 0 spiro atoms. The van der Waals surface area contributed by atoms with Gasteiger partial charge in [-0.05, 0) is 49.8 Å². The minimum atomic E-state index is 0.307. The Bertz CT molecular complexity index is 824. The lowest BCUT2D eigenvalue weighted by Gasteiger charge is -2.32. The standard InChI is InChI=1S/C22H33N7O/c1-2-23-22(27-19-5-8-21-25-16-26-29(21)14-19)24-13-17-3-6-20(7-4-17)28-11-9-18(15-30)10-12-28/h3-4,6-7,16,18-19,30H,2,5,8-15H2,1H3,(H2,23,24,27). The fraction of sp³-hybridized carbons (Fsp3) is 0.591. The van der Waals surface area contributed by atoms with Crippen molar-refractivity contribution in [2.45, 2.75) is 51.7 Å². The molecule has 30 heavy (non-hydrogen) atoms. The van der Waals surface area contributed by atoms with Crippen LogP contribution in [0, 0.1) is 5.92 Å². The number of benzene rings is 1. The summed E-state index contributed by atoms with van der Waals surface area (Å²) >= 11 is 0. The van der Waals surface area contributed by atoms with Gasteiger partial charge in [-0.1, -0.05) is 12.1 Å². The molecule has 1 fully saturated rings. The van der Waals surface area contributed by atoms with Crippen molar-refractivity contribution in [2.24, 2.45) is 10.9 Å². The number of nitrogens with one attached hydrogen (secondary N) is 2. The topological polar surface area (TPSA) is 90.6 Å². The Hall–Kier alpha value is -2.61. The molecule has 3 N–H and O–H groups in total. The molecular weight excluding hydrogens is 378 g/mol. The van der Waals surface area contributed by atoms with Crippen molar-refractivity contribution in [3.63, 3.8) is 0 Å². The zero-order valence-corrected chi connectivity index (χ0v) is 17.8. The van der Waals surface area contributed by atoms with Gasteiger partial charge in [0, 0.05) is 44.4 Å². The summed E-state index contributed by atoms with van der Waals surface area (Å²) in [6.45, 7) is 6.73. The van der Waals surface area contributed by atoms with E-state index in [2.05, 4.69) is 56.8 Å². The van der Waals surface area contributed by atoms with Gasteiger partial charge in [-0.25, -0.2) is 14.7 Å². The van der Waals surface area contributed by atoms with Gasteiger partial charge in [-0.3, -0.25) is 0 Å². The van der Waals surface area contributed by atoms with Crippen molar-refractivity contribution >= 4 is 11.6 Å². The van der Waals surface area contributed by atoms with Crippen LogP contribution in [0.3, 0.4) is 0 Å². The Morgan fingerprint density at radius 3 is 2.73 bits per heavy atom. The summed E-state index contributed by atoms with van der Waals surface area (Å²) in [6, 6.07) is 9.03. The van der Waals surface area contributed by atoms with Crippen molar-refractivity contribution in [1.82, 2.24) is 25.4 Å². The number of rotatable bonds is 6. The summed E-state index contributed by atoms with van der Waals surface area (Å²) in [5.41, 5.74) is 2.46. The van der Waals surface area contributed by atoms with Gasteiger partial charge >= 0.3 is 0 Å². The van der Waals surface area contributed by atoms with E-state index in [-0.39, 0.29) is 0 Å². The van der Waals surface area contributed by atoms with E-state index in [1.54, 1.807) is 6.33 Å². The van der Waals surface area contributed by atoms with E-state index in [1.807, 2.05) is 4.68 Å². The first-order chi connectivity index (χ1) is 14.7. The molecule has 1 aromatic heterocycles. The van der Waals surface area contributed by atoms with Crippen LogP contribution in [0.15, 0.2) is 35.6 Å². The van der Waals surface area contributed by atoms with Crippen LogP contribution >= 0.6 is 0 Å². The molecule has 3 heterocycles. The second-order valence-electron chi connectivity index (χ2n) is 8.21. The quantitative estimate of drug-likeness (QED) is 0.494. The summed E-state index contributed by atoms with van der Waals surface area (Å²) in [6.07, 6.45) is 5.74. The van der Waals surface area contributed by atoms with Gasteiger partial charge in [-0.2, -0.15) is 5.10 Å². The number of anilines is 1. The van der Waals surface area contributed by atoms with Gasteiger partial charge in [0.25, 0.3) is 0 Å². The lowest BCUT2D eigenvalue weighted by Crippen LogP contribution is -2.47. The molecule has 0 amide bonds. The fourth-order valence-electron chi connectivity index (χ4n) is 4.23. The molecule has 8 nitrogen and oxygen atoms in total. The fourth-order valence-corrected chi connectivity index (χ4v) is 4.23. The van der Waals surface area contributed by atoms with Gasteiger partial charge in [0.2, 0.25) is 0 Å². The number of aliphatic imine (C=N–C) groups is 1. The zero-order chi connectivity index (χ0) is 20.8. The molecule has 2 aromatic rings. The maximum atomic E-state index is 9.32.